The molecule has 1 aromatic carbocycles. The Kier molecular flexibility index (Phi) is 3.54. The predicted molar refractivity (Wildman–Crippen MR) is 67.1 cm³/mol. The molecular formula is C13H16N2O2. The number of hydrogen-bond acceptors (Lipinski definition) is 3. The van der Waals surface area contributed by atoms with Crippen molar-refractivity contribution in [1.82, 2.24) is 4.90 Å². The van der Waals surface area contributed by atoms with Gasteiger partial charge in [0.15, 0.2) is 0 Å². The molecule has 0 unspecified atom stereocenters. The van der Waals surface area contributed by atoms with Gasteiger partial charge in [-0.2, -0.15) is 0 Å². The van der Waals surface area contributed by atoms with E-state index in [4.69, 9.17) is 4.74 Å². The van der Waals surface area contributed by atoms with E-state index in [0.29, 0.717) is 31.9 Å². The summed E-state index contributed by atoms with van der Waals surface area (Å²) in [5.41, 5.74) is 2.40. The van der Waals surface area contributed by atoms with Gasteiger partial charge in [0, 0.05) is 18.7 Å². The molecule has 1 amide bonds. The lowest BCUT2D eigenvalue weighted by atomic mass is 10.1. The zero-order valence-corrected chi connectivity index (χ0v) is 9.98. The van der Waals surface area contributed by atoms with Crippen LogP contribution in [0.25, 0.3) is 0 Å². The van der Waals surface area contributed by atoms with Crippen LogP contribution in [0, 0.1) is 6.92 Å². The van der Waals surface area contributed by atoms with Crippen LogP contribution in [0.15, 0.2) is 23.2 Å². The van der Waals surface area contributed by atoms with Gasteiger partial charge in [-0.25, -0.2) is 0 Å². The lowest BCUT2D eigenvalue weighted by Crippen LogP contribution is -2.40. The second-order valence-electron chi connectivity index (χ2n) is 4.06. The van der Waals surface area contributed by atoms with Gasteiger partial charge in [0.25, 0.3) is 5.91 Å². The highest BCUT2D eigenvalue weighted by Gasteiger charge is 2.20. The highest BCUT2D eigenvalue weighted by molar-refractivity contribution is 5.96. The second kappa shape index (κ2) is 5.10. The summed E-state index contributed by atoms with van der Waals surface area (Å²) in [4.78, 5) is 18.0. The molecule has 4 heteroatoms. The molecule has 1 saturated heterocycles. The van der Waals surface area contributed by atoms with Crippen molar-refractivity contribution < 1.29 is 9.53 Å². The van der Waals surface area contributed by atoms with Gasteiger partial charge in [-0.3, -0.25) is 9.79 Å². The topological polar surface area (TPSA) is 41.9 Å². The lowest BCUT2D eigenvalue weighted by Gasteiger charge is -2.27. The third kappa shape index (κ3) is 2.53. The first-order chi connectivity index (χ1) is 8.22. The molecule has 2 rings (SSSR count). The Morgan fingerprint density at radius 1 is 1.41 bits per heavy atom. The molecule has 0 saturated carbocycles. The van der Waals surface area contributed by atoms with Crippen LogP contribution in [-0.4, -0.2) is 43.8 Å². The summed E-state index contributed by atoms with van der Waals surface area (Å²) in [6.45, 7) is 7.95. The predicted octanol–water partition coefficient (Wildman–Crippen LogP) is 1.80. The van der Waals surface area contributed by atoms with Gasteiger partial charge in [-0.1, -0.05) is 6.07 Å². The number of aryl methyl sites for hydroxylation is 1. The van der Waals surface area contributed by atoms with Crippen LogP contribution >= 0.6 is 0 Å². The maximum atomic E-state index is 12.3. The van der Waals surface area contributed by atoms with E-state index in [1.807, 2.05) is 24.0 Å². The van der Waals surface area contributed by atoms with Crippen molar-refractivity contribution in [1.29, 1.82) is 0 Å². The molecule has 90 valence electrons. The van der Waals surface area contributed by atoms with Gasteiger partial charge in [-0.05, 0) is 31.3 Å². The number of carbonyl (C=O) groups excluding carboxylic acids is 1. The molecule has 0 spiro atoms. The quantitative estimate of drug-likeness (QED) is 0.730. The lowest BCUT2D eigenvalue weighted by molar-refractivity contribution is 0.0302. The fraction of sp³-hybridized carbons (Fsp3) is 0.385. The van der Waals surface area contributed by atoms with Gasteiger partial charge in [0.1, 0.15) is 0 Å². The van der Waals surface area contributed by atoms with E-state index in [0.717, 1.165) is 11.3 Å². The molecule has 0 aromatic heterocycles. The summed E-state index contributed by atoms with van der Waals surface area (Å²) in [6.07, 6.45) is 0. The second-order valence-corrected chi connectivity index (χ2v) is 4.06. The molecule has 1 heterocycles. The largest absolute Gasteiger partial charge is 0.378 e. The molecule has 0 atom stereocenters. The summed E-state index contributed by atoms with van der Waals surface area (Å²) in [5, 5.41) is 0. The van der Waals surface area contributed by atoms with Crippen LogP contribution in [0.5, 0.6) is 0 Å². The summed E-state index contributed by atoms with van der Waals surface area (Å²) >= 11 is 0. The Hall–Kier alpha value is -1.68. The number of amides is 1. The van der Waals surface area contributed by atoms with E-state index >= 15 is 0 Å². The Labute approximate surface area is 101 Å². The SMILES string of the molecule is C=Nc1ccc(C)c(C(=O)N2CCOCC2)c1. The number of hydrogen-bond donors (Lipinski definition) is 0. The van der Waals surface area contributed by atoms with Crippen molar-refractivity contribution >= 4 is 18.3 Å². The normalized spacial score (nSPS) is 15.7. The minimum Gasteiger partial charge on any atom is -0.378 e. The number of morpholine rings is 1. The van der Waals surface area contributed by atoms with Crippen LogP contribution in [0.4, 0.5) is 5.69 Å². The molecule has 1 fully saturated rings. The maximum Gasteiger partial charge on any atom is 0.254 e. The smallest absolute Gasteiger partial charge is 0.254 e. The first-order valence-corrected chi connectivity index (χ1v) is 5.67. The van der Waals surface area contributed by atoms with Crippen LogP contribution in [0.3, 0.4) is 0 Å². The van der Waals surface area contributed by atoms with E-state index in [1.54, 1.807) is 6.07 Å². The number of carbonyl (C=O) groups is 1. The van der Waals surface area contributed by atoms with E-state index in [1.165, 1.54) is 0 Å². The summed E-state index contributed by atoms with van der Waals surface area (Å²) in [6, 6.07) is 5.55. The summed E-state index contributed by atoms with van der Waals surface area (Å²) < 4.78 is 5.24. The van der Waals surface area contributed by atoms with Crippen LogP contribution in [-0.2, 0) is 4.74 Å². The van der Waals surface area contributed by atoms with Crippen LogP contribution in [0.1, 0.15) is 15.9 Å². The molecule has 17 heavy (non-hydrogen) atoms. The van der Waals surface area contributed by atoms with Crippen molar-refractivity contribution in [2.75, 3.05) is 26.3 Å². The van der Waals surface area contributed by atoms with Gasteiger partial charge in [-0.15, -0.1) is 0 Å². The Bertz CT molecular complexity index is 437. The highest BCUT2D eigenvalue weighted by Crippen LogP contribution is 2.19. The van der Waals surface area contributed by atoms with E-state index in [-0.39, 0.29) is 5.91 Å². The molecule has 4 nitrogen and oxygen atoms in total. The van der Waals surface area contributed by atoms with Crippen molar-refractivity contribution in [3.8, 4) is 0 Å². The van der Waals surface area contributed by atoms with E-state index in [2.05, 4.69) is 11.7 Å². The molecular weight excluding hydrogens is 216 g/mol. The van der Waals surface area contributed by atoms with Crippen molar-refractivity contribution in [3.63, 3.8) is 0 Å². The average molecular weight is 232 g/mol. The first-order valence-electron chi connectivity index (χ1n) is 5.67. The summed E-state index contributed by atoms with van der Waals surface area (Å²) in [7, 11) is 0. The summed E-state index contributed by atoms with van der Waals surface area (Å²) in [5.74, 6) is 0.0521. The van der Waals surface area contributed by atoms with Crippen molar-refractivity contribution in [2.45, 2.75) is 6.92 Å². The number of aliphatic imine (C=N–C) groups is 1. The Morgan fingerprint density at radius 2 is 2.12 bits per heavy atom. The zero-order chi connectivity index (χ0) is 12.3. The number of nitrogens with zero attached hydrogens (tertiary/aromatic N) is 2. The highest BCUT2D eigenvalue weighted by atomic mass is 16.5. The number of benzene rings is 1. The van der Waals surface area contributed by atoms with E-state index < -0.39 is 0 Å². The third-order valence-corrected chi connectivity index (χ3v) is 2.93. The molecule has 1 aliphatic rings. The average Bonchev–Trinajstić information content (AvgIpc) is 2.39. The molecule has 0 N–H and O–H groups in total. The van der Waals surface area contributed by atoms with Gasteiger partial charge in [0.2, 0.25) is 0 Å². The minimum absolute atomic E-state index is 0.0521. The van der Waals surface area contributed by atoms with Crippen molar-refractivity contribution in [2.24, 2.45) is 4.99 Å². The monoisotopic (exact) mass is 232 g/mol. The fourth-order valence-electron chi connectivity index (χ4n) is 1.88. The van der Waals surface area contributed by atoms with Crippen LogP contribution in [0.2, 0.25) is 0 Å². The van der Waals surface area contributed by atoms with Crippen molar-refractivity contribution in [3.05, 3.63) is 29.3 Å². The molecule has 1 aliphatic heterocycles. The van der Waals surface area contributed by atoms with Crippen LogP contribution < -0.4 is 0 Å². The molecule has 0 bridgehead atoms. The van der Waals surface area contributed by atoms with E-state index in [9.17, 15) is 4.79 Å². The molecule has 1 aromatic rings. The Balaban J connectivity index is 2.25. The van der Waals surface area contributed by atoms with Gasteiger partial charge >= 0.3 is 0 Å². The Morgan fingerprint density at radius 3 is 2.76 bits per heavy atom. The number of rotatable bonds is 2. The standard InChI is InChI=1S/C13H16N2O2/c1-10-3-4-11(14-2)9-12(10)13(16)15-5-7-17-8-6-15/h3-4,9H,2,5-8H2,1H3. The fourth-order valence-corrected chi connectivity index (χ4v) is 1.88. The number of ether oxygens (including phenoxy) is 1. The zero-order valence-electron chi connectivity index (χ0n) is 9.98. The third-order valence-electron chi connectivity index (χ3n) is 2.93. The first kappa shape index (κ1) is 11.8. The molecule has 0 radical (unpaired) electrons. The maximum absolute atomic E-state index is 12.3. The minimum atomic E-state index is 0.0521. The molecule has 0 aliphatic carbocycles. The van der Waals surface area contributed by atoms with Gasteiger partial charge in [0.05, 0.1) is 18.9 Å². The van der Waals surface area contributed by atoms with Gasteiger partial charge < -0.3 is 9.64 Å².